The van der Waals surface area contributed by atoms with Crippen LogP contribution in [0.4, 0.5) is 13.2 Å². The molecule has 112 valence electrons. The Morgan fingerprint density at radius 1 is 1.50 bits per heavy atom. The molecule has 2 unspecified atom stereocenters. The Balaban J connectivity index is 2.20. The van der Waals surface area contributed by atoms with Crippen molar-refractivity contribution in [2.24, 2.45) is 5.92 Å². The normalized spacial score (nSPS) is 21.1. The second kappa shape index (κ2) is 5.97. The molecule has 0 bridgehead atoms. The molecular formula is C13H17F3N2O2. The lowest BCUT2D eigenvalue weighted by molar-refractivity contribution is -0.138. The molecule has 20 heavy (non-hydrogen) atoms. The molecule has 7 heteroatoms. The minimum atomic E-state index is -4.44. The van der Waals surface area contributed by atoms with E-state index in [0.29, 0.717) is 13.2 Å². The predicted octanol–water partition coefficient (Wildman–Crippen LogP) is 1.49. The van der Waals surface area contributed by atoms with Crippen LogP contribution in [0.1, 0.15) is 12.0 Å². The number of alkyl halides is 3. The number of hydrogen-bond acceptors (Lipinski definition) is 3. The lowest BCUT2D eigenvalue weighted by atomic mass is 9.99. The second-order valence-corrected chi connectivity index (χ2v) is 4.92. The first-order chi connectivity index (χ1) is 9.41. The van der Waals surface area contributed by atoms with E-state index in [-0.39, 0.29) is 18.5 Å². The van der Waals surface area contributed by atoms with Crippen molar-refractivity contribution in [1.82, 2.24) is 9.88 Å². The molecule has 2 atom stereocenters. The monoisotopic (exact) mass is 290 g/mol. The van der Waals surface area contributed by atoms with Crippen molar-refractivity contribution in [3.63, 3.8) is 0 Å². The van der Waals surface area contributed by atoms with Gasteiger partial charge in [-0.05, 0) is 19.5 Å². The van der Waals surface area contributed by atoms with E-state index in [4.69, 9.17) is 4.74 Å². The SMILES string of the molecule is CNC(Cn1cc(C(F)(F)F)ccc1=O)C1CCOC1. The molecule has 1 aromatic heterocycles. The molecule has 4 nitrogen and oxygen atoms in total. The minimum Gasteiger partial charge on any atom is -0.381 e. The highest BCUT2D eigenvalue weighted by Gasteiger charge is 2.31. The van der Waals surface area contributed by atoms with E-state index < -0.39 is 17.3 Å². The molecule has 1 aliphatic rings. The minimum absolute atomic E-state index is 0.0846. The molecule has 0 spiro atoms. The van der Waals surface area contributed by atoms with E-state index >= 15 is 0 Å². The number of aromatic nitrogens is 1. The zero-order valence-corrected chi connectivity index (χ0v) is 11.1. The Hall–Kier alpha value is -1.34. The van der Waals surface area contributed by atoms with E-state index in [0.717, 1.165) is 29.3 Å². The summed E-state index contributed by atoms with van der Waals surface area (Å²) in [5.74, 6) is 0.210. The standard InChI is InChI=1S/C13H17F3N2O2/c1-17-11(9-4-5-20-8-9)7-18-6-10(13(14,15)16)2-3-12(18)19/h2-3,6,9,11,17H,4-5,7-8H2,1H3. The maximum Gasteiger partial charge on any atom is 0.417 e. The van der Waals surface area contributed by atoms with Gasteiger partial charge in [0.2, 0.25) is 0 Å². The van der Waals surface area contributed by atoms with Gasteiger partial charge in [0.25, 0.3) is 5.56 Å². The number of likely N-dealkylation sites (N-methyl/N-ethyl adjacent to an activating group) is 1. The summed E-state index contributed by atoms with van der Waals surface area (Å²) < 4.78 is 44.4. The van der Waals surface area contributed by atoms with Gasteiger partial charge < -0.3 is 14.6 Å². The zero-order valence-electron chi connectivity index (χ0n) is 11.1. The van der Waals surface area contributed by atoms with Crippen molar-refractivity contribution in [3.05, 3.63) is 34.2 Å². The third-order valence-corrected chi connectivity index (χ3v) is 3.61. The third kappa shape index (κ3) is 3.40. The first-order valence-corrected chi connectivity index (χ1v) is 6.44. The molecule has 0 saturated carbocycles. The van der Waals surface area contributed by atoms with Crippen LogP contribution in [0.15, 0.2) is 23.1 Å². The largest absolute Gasteiger partial charge is 0.417 e. The van der Waals surface area contributed by atoms with Gasteiger partial charge in [-0.2, -0.15) is 13.2 Å². The Labute approximate surface area is 114 Å². The molecule has 0 aromatic carbocycles. The average Bonchev–Trinajstić information content (AvgIpc) is 2.90. The van der Waals surface area contributed by atoms with Crippen LogP contribution in [0.3, 0.4) is 0 Å². The van der Waals surface area contributed by atoms with Gasteiger partial charge in [0.1, 0.15) is 0 Å². The first kappa shape index (κ1) is 15.1. The second-order valence-electron chi connectivity index (χ2n) is 4.92. The van der Waals surface area contributed by atoms with Gasteiger partial charge >= 0.3 is 6.18 Å². The van der Waals surface area contributed by atoms with Gasteiger partial charge in [-0.1, -0.05) is 0 Å². The summed E-state index contributed by atoms with van der Waals surface area (Å²) in [5.41, 5.74) is -1.24. The van der Waals surface area contributed by atoms with Gasteiger partial charge in [-0.25, -0.2) is 0 Å². The quantitative estimate of drug-likeness (QED) is 0.913. The lowest BCUT2D eigenvalue weighted by Gasteiger charge is -2.23. The van der Waals surface area contributed by atoms with E-state index in [1.807, 2.05) is 0 Å². The van der Waals surface area contributed by atoms with E-state index in [9.17, 15) is 18.0 Å². The molecule has 1 fully saturated rings. The highest BCUT2D eigenvalue weighted by Crippen LogP contribution is 2.28. The van der Waals surface area contributed by atoms with Crippen molar-refractivity contribution in [2.45, 2.75) is 25.2 Å². The number of hydrogen-bond donors (Lipinski definition) is 1. The molecule has 0 radical (unpaired) electrons. The molecule has 2 rings (SSSR count). The summed E-state index contributed by atoms with van der Waals surface area (Å²) in [5, 5.41) is 3.06. The Kier molecular flexibility index (Phi) is 4.49. The van der Waals surface area contributed by atoms with Gasteiger partial charge in [-0.3, -0.25) is 4.79 Å². The molecule has 0 aliphatic carbocycles. The van der Waals surface area contributed by atoms with Crippen LogP contribution in [-0.2, 0) is 17.5 Å². The Morgan fingerprint density at radius 2 is 2.25 bits per heavy atom. The highest BCUT2D eigenvalue weighted by atomic mass is 19.4. The zero-order chi connectivity index (χ0) is 14.8. The molecule has 1 aliphatic heterocycles. The topological polar surface area (TPSA) is 43.3 Å². The number of halogens is 3. The van der Waals surface area contributed by atoms with Gasteiger partial charge in [0.15, 0.2) is 0 Å². The van der Waals surface area contributed by atoms with Gasteiger partial charge in [-0.15, -0.1) is 0 Å². The molecule has 1 saturated heterocycles. The fraction of sp³-hybridized carbons (Fsp3) is 0.615. The molecule has 2 heterocycles. The summed E-state index contributed by atoms with van der Waals surface area (Å²) in [7, 11) is 1.74. The predicted molar refractivity (Wildman–Crippen MR) is 67.5 cm³/mol. The van der Waals surface area contributed by atoms with Crippen molar-refractivity contribution in [1.29, 1.82) is 0 Å². The Morgan fingerprint density at radius 3 is 2.80 bits per heavy atom. The maximum atomic E-state index is 12.7. The van der Waals surface area contributed by atoms with Crippen molar-refractivity contribution in [3.8, 4) is 0 Å². The van der Waals surface area contributed by atoms with E-state index in [1.54, 1.807) is 7.05 Å². The molecule has 0 amide bonds. The summed E-state index contributed by atoms with van der Waals surface area (Å²) in [6, 6.07) is 1.69. The number of nitrogens with zero attached hydrogens (tertiary/aromatic N) is 1. The summed E-state index contributed by atoms with van der Waals surface area (Å²) in [6.07, 6.45) is -2.72. The van der Waals surface area contributed by atoms with Crippen LogP contribution in [-0.4, -0.2) is 30.9 Å². The van der Waals surface area contributed by atoms with Crippen LogP contribution in [0.2, 0.25) is 0 Å². The van der Waals surface area contributed by atoms with Crippen LogP contribution < -0.4 is 10.9 Å². The first-order valence-electron chi connectivity index (χ1n) is 6.44. The fourth-order valence-corrected chi connectivity index (χ4v) is 2.40. The van der Waals surface area contributed by atoms with Crippen LogP contribution in [0.25, 0.3) is 0 Å². The van der Waals surface area contributed by atoms with Crippen LogP contribution >= 0.6 is 0 Å². The fourth-order valence-electron chi connectivity index (χ4n) is 2.40. The Bertz CT molecular complexity index is 507. The molecular weight excluding hydrogens is 273 g/mol. The van der Waals surface area contributed by atoms with Crippen molar-refractivity contribution < 1.29 is 17.9 Å². The molecule has 1 aromatic rings. The number of nitrogens with one attached hydrogen (secondary N) is 1. The van der Waals surface area contributed by atoms with Crippen LogP contribution in [0.5, 0.6) is 0 Å². The van der Waals surface area contributed by atoms with E-state index in [2.05, 4.69) is 5.32 Å². The van der Waals surface area contributed by atoms with Crippen LogP contribution in [0, 0.1) is 5.92 Å². The van der Waals surface area contributed by atoms with Crippen molar-refractivity contribution >= 4 is 0 Å². The van der Waals surface area contributed by atoms with Gasteiger partial charge in [0.05, 0.1) is 12.2 Å². The smallest absolute Gasteiger partial charge is 0.381 e. The van der Waals surface area contributed by atoms with Crippen molar-refractivity contribution in [2.75, 3.05) is 20.3 Å². The maximum absolute atomic E-state index is 12.7. The molecule has 1 N–H and O–H groups in total. The van der Waals surface area contributed by atoms with Gasteiger partial charge in [0, 0.05) is 37.4 Å². The summed E-state index contributed by atoms with van der Waals surface area (Å²) in [6.45, 7) is 1.42. The summed E-state index contributed by atoms with van der Waals surface area (Å²) in [4.78, 5) is 11.7. The highest BCUT2D eigenvalue weighted by molar-refractivity contribution is 5.13. The number of ether oxygens (including phenoxy) is 1. The summed E-state index contributed by atoms with van der Waals surface area (Å²) >= 11 is 0. The lowest BCUT2D eigenvalue weighted by Crippen LogP contribution is -2.40. The average molecular weight is 290 g/mol. The number of pyridine rings is 1. The van der Waals surface area contributed by atoms with E-state index in [1.165, 1.54) is 0 Å². The number of rotatable bonds is 4. The third-order valence-electron chi connectivity index (χ3n) is 3.61.